The molecule has 1 amide bonds. The summed E-state index contributed by atoms with van der Waals surface area (Å²) >= 11 is 5.95. The molecule has 104 valence electrons. The van der Waals surface area contributed by atoms with Crippen molar-refractivity contribution in [1.82, 2.24) is 0 Å². The minimum atomic E-state index is -0.598. The molecule has 0 saturated carbocycles. The van der Waals surface area contributed by atoms with Gasteiger partial charge in [0.25, 0.3) is 0 Å². The molecule has 1 rings (SSSR count). The van der Waals surface area contributed by atoms with Gasteiger partial charge in [-0.2, -0.15) is 0 Å². The highest BCUT2D eigenvalue weighted by Gasteiger charge is 2.18. The molecule has 0 heterocycles. The number of halogens is 1. The second-order valence-electron chi connectivity index (χ2n) is 4.45. The first-order valence-corrected chi connectivity index (χ1v) is 6.19. The van der Waals surface area contributed by atoms with Crippen LogP contribution in [0.4, 0.5) is 5.69 Å². The van der Waals surface area contributed by atoms with E-state index < -0.39 is 12.0 Å². The van der Waals surface area contributed by atoms with Crippen LogP contribution in [-0.2, 0) is 9.53 Å². The van der Waals surface area contributed by atoms with Crippen molar-refractivity contribution in [2.75, 3.05) is 12.4 Å². The lowest BCUT2D eigenvalue weighted by Crippen LogP contribution is -2.39. The monoisotopic (exact) mass is 284 g/mol. The number of hydrogen-bond acceptors (Lipinski definition) is 4. The van der Waals surface area contributed by atoms with E-state index in [0.29, 0.717) is 5.69 Å². The van der Waals surface area contributed by atoms with E-state index in [1.807, 2.05) is 13.8 Å². The third kappa shape index (κ3) is 3.94. The number of esters is 1. The molecule has 0 spiro atoms. The van der Waals surface area contributed by atoms with Crippen LogP contribution < -0.4 is 11.1 Å². The third-order valence-corrected chi connectivity index (χ3v) is 2.98. The Balaban J connectivity index is 2.85. The number of amides is 1. The maximum atomic E-state index is 11.8. The average molecular weight is 285 g/mol. The first kappa shape index (κ1) is 15.5. The van der Waals surface area contributed by atoms with E-state index in [-0.39, 0.29) is 22.4 Å². The smallest absolute Gasteiger partial charge is 0.339 e. The van der Waals surface area contributed by atoms with Crippen LogP contribution in [-0.4, -0.2) is 25.0 Å². The summed E-state index contributed by atoms with van der Waals surface area (Å²) < 4.78 is 4.58. The zero-order valence-corrected chi connectivity index (χ0v) is 11.8. The van der Waals surface area contributed by atoms with Gasteiger partial charge < -0.3 is 15.8 Å². The van der Waals surface area contributed by atoms with E-state index in [4.69, 9.17) is 17.3 Å². The number of nitrogens with two attached hydrogens (primary N) is 1. The van der Waals surface area contributed by atoms with Crippen LogP contribution >= 0.6 is 11.6 Å². The van der Waals surface area contributed by atoms with Gasteiger partial charge in [0.15, 0.2) is 0 Å². The SMILES string of the molecule is COC(=O)c1ccc(NC(=O)[C@@H](N)C(C)C)cc1Cl. The second kappa shape index (κ2) is 6.54. The zero-order valence-electron chi connectivity index (χ0n) is 11.1. The standard InChI is InChI=1S/C13H17ClN2O3/c1-7(2)11(15)12(17)16-8-4-5-9(10(14)6-8)13(18)19-3/h4-7,11H,15H2,1-3H3,(H,16,17)/t11-/m0/s1. The molecule has 0 bridgehead atoms. The average Bonchev–Trinajstić information content (AvgIpc) is 2.36. The van der Waals surface area contributed by atoms with E-state index in [1.54, 1.807) is 6.07 Å². The molecule has 0 aliphatic carbocycles. The van der Waals surface area contributed by atoms with Gasteiger partial charge in [-0.05, 0) is 24.1 Å². The fourth-order valence-electron chi connectivity index (χ4n) is 1.40. The van der Waals surface area contributed by atoms with Crippen LogP contribution in [0.2, 0.25) is 5.02 Å². The molecule has 0 aromatic heterocycles. The van der Waals surface area contributed by atoms with Crippen molar-refractivity contribution >= 4 is 29.2 Å². The topological polar surface area (TPSA) is 81.4 Å². The lowest BCUT2D eigenvalue weighted by Gasteiger charge is -2.15. The van der Waals surface area contributed by atoms with Crippen LogP contribution in [0.3, 0.4) is 0 Å². The number of benzene rings is 1. The van der Waals surface area contributed by atoms with Gasteiger partial charge in [-0.25, -0.2) is 4.79 Å². The molecule has 0 fully saturated rings. The Morgan fingerprint density at radius 3 is 2.47 bits per heavy atom. The van der Waals surface area contributed by atoms with Crippen molar-refractivity contribution in [2.45, 2.75) is 19.9 Å². The quantitative estimate of drug-likeness (QED) is 0.829. The van der Waals surface area contributed by atoms with Gasteiger partial charge in [-0.15, -0.1) is 0 Å². The summed E-state index contributed by atoms with van der Waals surface area (Å²) in [5.74, 6) is -0.788. The van der Waals surface area contributed by atoms with Gasteiger partial charge >= 0.3 is 5.97 Å². The highest BCUT2D eigenvalue weighted by Crippen LogP contribution is 2.22. The molecule has 1 atom stereocenters. The molecular weight excluding hydrogens is 268 g/mol. The number of nitrogens with one attached hydrogen (secondary N) is 1. The van der Waals surface area contributed by atoms with Gasteiger partial charge in [0.2, 0.25) is 5.91 Å². The highest BCUT2D eigenvalue weighted by atomic mass is 35.5. The number of carbonyl (C=O) groups excluding carboxylic acids is 2. The fourth-order valence-corrected chi connectivity index (χ4v) is 1.65. The highest BCUT2D eigenvalue weighted by molar-refractivity contribution is 6.34. The molecule has 3 N–H and O–H groups in total. The minimum absolute atomic E-state index is 0.0322. The summed E-state index contributed by atoms with van der Waals surface area (Å²) in [6.07, 6.45) is 0. The molecule has 6 heteroatoms. The van der Waals surface area contributed by atoms with E-state index in [0.717, 1.165) is 0 Å². The number of rotatable bonds is 4. The molecule has 5 nitrogen and oxygen atoms in total. The molecule has 0 unspecified atom stereocenters. The van der Waals surface area contributed by atoms with Gasteiger partial charge in [-0.1, -0.05) is 25.4 Å². The largest absolute Gasteiger partial charge is 0.465 e. The lowest BCUT2D eigenvalue weighted by molar-refractivity contribution is -0.118. The zero-order chi connectivity index (χ0) is 14.6. The summed E-state index contributed by atoms with van der Waals surface area (Å²) in [6.45, 7) is 3.72. The molecule has 0 aliphatic rings. The van der Waals surface area contributed by atoms with Crippen LogP contribution in [0.15, 0.2) is 18.2 Å². The fraction of sp³-hybridized carbons (Fsp3) is 0.385. The molecule has 0 aliphatic heterocycles. The van der Waals surface area contributed by atoms with Gasteiger partial charge in [0, 0.05) is 5.69 Å². The van der Waals surface area contributed by atoms with Crippen molar-refractivity contribution in [3.8, 4) is 0 Å². The summed E-state index contributed by atoms with van der Waals surface area (Å²) in [6, 6.07) is 3.95. The maximum absolute atomic E-state index is 11.8. The number of ether oxygens (including phenoxy) is 1. The van der Waals surface area contributed by atoms with Crippen LogP contribution in [0.5, 0.6) is 0 Å². The van der Waals surface area contributed by atoms with Crippen molar-refractivity contribution in [3.05, 3.63) is 28.8 Å². The van der Waals surface area contributed by atoms with E-state index in [2.05, 4.69) is 10.1 Å². The Morgan fingerprint density at radius 1 is 1.37 bits per heavy atom. The third-order valence-electron chi connectivity index (χ3n) is 2.66. The molecule has 1 aromatic rings. The van der Waals surface area contributed by atoms with Crippen LogP contribution in [0.25, 0.3) is 0 Å². The maximum Gasteiger partial charge on any atom is 0.339 e. The Hall–Kier alpha value is -1.59. The Morgan fingerprint density at radius 2 is 2.00 bits per heavy atom. The molecule has 1 aromatic carbocycles. The number of methoxy groups -OCH3 is 1. The number of carbonyl (C=O) groups is 2. The van der Waals surface area contributed by atoms with Gasteiger partial charge in [-0.3, -0.25) is 4.79 Å². The minimum Gasteiger partial charge on any atom is -0.465 e. The van der Waals surface area contributed by atoms with Gasteiger partial charge in [0.1, 0.15) is 0 Å². The summed E-state index contributed by atoms with van der Waals surface area (Å²) in [5.41, 5.74) is 6.46. The number of hydrogen-bond donors (Lipinski definition) is 2. The summed E-state index contributed by atoms with van der Waals surface area (Å²) in [7, 11) is 1.27. The Kier molecular flexibility index (Phi) is 5.32. The van der Waals surface area contributed by atoms with E-state index >= 15 is 0 Å². The summed E-state index contributed by atoms with van der Waals surface area (Å²) in [4.78, 5) is 23.1. The van der Waals surface area contributed by atoms with Crippen molar-refractivity contribution in [3.63, 3.8) is 0 Å². The predicted octanol–water partition coefficient (Wildman–Crippen LogP) is 2.05. The first-order chi connectivity index (χ1) is 8.86. The summed E-state index contributed by atoms with van der Waals surface area (Å²) in [5, 5.41) is 2.86. The van der Waals surface area contributed by atoms with Crippen LogP contribution in [0, 0.1) is 5.92 Å². The first-order valence-electron chi connectivity index (χ1n) is 5.81. The molecule has 0 saturated heterocycles. The number of anilines is 1. The molecule has 19 heavy (non-hydrogen) atoms. The van der Waals surface area contributed by atoms with Crippen molar-refractivity contribution in [1.29, 1.82) is 0 Å². The lowest BCUT2D eigenvalue weighted by atomic mass is 10.0. The predicted molar refractivity (Wildman–Crippen MR) is 74.2 cm³/mol. The molecular formula is C13H17ClN2O3. The van der Waals surface area contributed by atoms with Crippen molar-refractivity contribution in [2.24, 2.45) is 11.7 Å². The van der Waals surface area contributed by atoms with Crippen molar-refractivity contribution < 1.29 is 14.3 Å². The molecule has 0 radical (unpaired) electrons. The van der Waals surface area contributed by atoms with Crippen LogP contribution in [0.1, 0.15) is 24.2 Å². The van der Waals surface area contributed by atoms with E-state index in [1.165, 1.54) is 19.2 Å². The van der Waals surface area contributed by atoms with E-state index in [9.17, 15) is 9.59 Å². The Bertz CT molecular complexity index is 489. The Labute approximate surface area is 117 Å². The van der Waals surface area contributed by atoms with Gasteiger partial charge in [0.05, 0.1) is 23.7 Å². The second-order valence-corrected chi connectivity index (χ2v) is 4.85. The normalized spacial score (nSPS) is 12.1.